The molecule has 0 bridgehead atoms. The summed E-state index contributed by atoms with van der Waals surface area (Å²) < 4.78 is 0. The lowest BCUT2D eigenvalue weighted by Gasteiger charge is -2.34. The molecule has 0 unspecified atom stereocenters. The summed E-state index contributed by atoms with van der Waals surface area (Å²) in [7, 11) is 7.48. The number of urea groups is 1. The largest absolute Gasteiger partial charge is 0.369 e. The Hall–Kier alpha value is -1.75. The number of piperazine rings is 1. The number of rotatable bonds is 2. The van der Waals surface area contributed by atoms with Crippen molar-refractivity contribution in [3.8, 4) is 0 Å². The van der Waals surface area contributed by atoms with Crippen molar-refractivity contribution in [1.29, 1.82) is 0 Å². The van der Waals surface area contributed by atoms with Crippen LogP contribution in [-0.2, 0) is 0 Å². The van der Waals surface area contributed by atoms with E-state index in [1.165, 1.54) is 5.69 Å². The zero-order valence-corrected chi connectivity index (χ0v) is 12.8. The van der Waals surface area contributed by atoms with E-state index in [-0.39, 0.29) is 6.03 Å². The first-order valence-electron chi connectivity index (χ1n) is 6.97. The predicted octanol–water partition coefficient (Wildman–Crippen LogP) is 1.56. The molecule has 0 N–H and O–H groups in total. The summed E-state index contributed by atoms with van der Waals surface area (Å²) in [6, 6.07) is 8.20. The first-order chi connectivity index (χ1) is 9.49. The predicted molar refractivity (Wildman–Crippen MR) is 83.6 cm³/mol. The summed E-state index contributed by atoms with van der Waals surface area (Å²) in [5.41, 5.74) is 2.15. The Bertz CT molecular complexity index is 449. The molecule has 1 fully saturated rings. The highest BCUT2D eigenvalue weighted by molar-refractivity contribution is 5.91. The smallest absolute Gasteiger partial charge is 0.323 e. The van der Waals surface area contributed by atoms with Crippen molar-refractivity contribution in [3.05, 3.63) is 24.3 Å². The second-order valence-corrected chi connectivity index (χ2v) is 5.54. The normalized spacial score (nSPS) is 16.1. The summed E-state index contributed by atoms with van der Waals surface area (Å²) in [5.74, 6) is 0. The molecule has 1 aliphatic rings. The molecule has 0 saturated carbocycles. The molecule has 0 spiro atoms. The van der Waals surface area contributed by atoms with Crippen LogP contribution in [0.3, 0.4) is 0 Å². The van der Waals surface area contributed by atoms with E-state index in [9.17, 15) is 4.79 Å². The number of benzene rings is 1. The third-order valence-electron chi connectivity index (χ3n) is 3.77. The third kappa shape index (κ3) is 3.22. The van der Waals surface area contributed by atoms with Crippen molar-refractivity contribution in [2.24, 2.45) is 0 Å². The van der Waals surface area contributed by atoms with Crippen molar-refractivity contribution in [2.75, 3.05) is 64.2 Å². The van der Waals surface area contributed by atoms with Gasteiger partial charge in [-0.05, 0) is 31.3 Å². The first kappa shape index (κ1) is 14.7. The molecule has 2 rings (SSSR count). The number of hydrogen-bond acceptors (Lipinski definition) is 3. The summed E-state index contributed by atoms with van der Waals surface area (Å²) in [4.78, 5) is 19.9. The lowest BCUT2D eigenvalue weighted by atomic mass is 10.2. The highest BCUT2D eigenvalue weighted by Crippen LogP contribution is 2.21. The van der Waals surface area contributed by atoms with Gasteiger partial charge in [-0.2, -0.15) is 0 Å². The molecule has 1 heterocycles. The Morgan fingerprint density at radius 1 is 1.00 bits per heavy atom. The molecule has 20 heavy (non-hydrogen) atoms. The maximum absolute atomic E-state index is 11.9. The van der Waals surface area contributed by atoms with Crippen LogP contribution in [0.25, 0.3) is 0 Å². The zero-order chi connectivity index (χ0) is 14.7. The molecule has 2 amide bonds. The molecular formula is C15H24N4O. The van der Waals surface area contributed by atoms with Gasteiger partial charge >= 0.3 is 6.03 Å². The second-order valence-electron chi connectivity index (χ2n) is 5.54. The number of amides is 2. The van der Waals surface area contributed by atoms with Crippen LogP contribution in [0.15, 0.2) is 24.3 Å². The molecule has 110 valence electrons. The Kier molecular flexibility index (Phi) is 4.49. The maximum Gasteiger partial charge on any atom is 0.323 e. The van der Waals surface area contributed by atoms with Crippen LogP contribution in [0, 0.1) is 0 Å². The quantitative estimate of drug-likeness (QED) is 0.821. The Morgan fingerprint density at radius 2 is 1.55 bits per heavy atom. The van der Waals surface area contributed by atoms with Crippen LogP contribution in [0.1, 0.15) is 0 Å². The van der Waals surface area contributed by atoms with Gasteiger partial charge in [-0.15, -0.1) is 0 Å². The van der Waals surface area contributed by atoms with Gasteiger partial charge in [-0.3, -0.25) is 4.90 Å². The minimum absolute atomic E-state index is 0.0163. The maximum atomic E-state index is 11.9. The van der Waals surface area contributed by atoms with Crippen LogP contribution >= 0.6 is 0 Å². The fourth-order valence-electron chi connectivity index (χ4n) is 2.36. The minimum Gasteiger partial charge on any atom is -0.369 e. The van der Waals surface area contributed by atoms with Gasteiger partial charge in [-0.25, -0.2) is 4.79 Å². The van der Waals surface area contributed by atoms with Crippen LogP contribution < -0.4 is 9.80 Å². The van der Waals surface area contributed by atoms with Crippen LogP contribution in [0.5, 0.6) is 0 Å². The summed E-state index contributed by atoms with van der Waals surface area (Å²) >= 11 is 0. The van der Waals surface area contributed by atoms with E-state index in [1.807, 2.05) is 12.1 Å². The van der Waals surface area contributed by atoms with E-state index in [0.29, 0.717) is 0 Å². The van der Waals surface area contributed by atoms with Gasteiger partial charge in [0.25, 0.3) is 0 Å². The highest BCUT2D eigenvalue weighted by Gasteiger charge is 2.16. The summed E-state index contributed by atoms with van der Waals surface area (Å²) in [5, 5.41) is 0. The average Bonchev–Trinajstić information content (AvgIpc) is 2.46. The fourth-order valence-corrected chi connectivity index (χ4v) is 2.36. The van der Waals surface area contributed by atoms with Crippen LogP contribution in [0.2, 0.25) is 0 Å². The van der Waals surface area contributed by atoms with Crippen molar-refractivity contribution >= 4 is 17.4 Å². The number of carbonyl (C=O) groups is 1. The molecule has 1 aliphatic heterocycles. The van der Waals surface area contributed by atoms with Crippen molar-refractivity contribution in [3.63, 3.8) is 0 Å². The zero-order valence-electron chi connectivity index (χ0n) is 12.8. The van der Waals surface area contributed by atoms with Gasteiger partial charge < -0.3 is 14.7 Å². The van der Waals surface area contributed by atoms with Crippen LogP contribution in [-0.4, -0.2) is 70.2 Å². The van der Waals surface area contributed by atoms with E-state index in [2.05, 4.69) is 29.0 Å². The topological polar surface area (TPSA) is 30.0 Å². The number of hydrogen-bond donors (Lipinski definition) is 0. The summed E-state index contributed by atoms with van der Waals surface area (Å²) in [6.45, 7) is 4.31. The number of anilines is 2. The van der Waals surface area contributed by atoms with Gasteiger partial charge in [0, 0.05) is 58.7 Å². The van der Waals surface area contributed by atoms with E-state index < -0.39 is 0 Å². The number of likely N-dealkylation sites (N-methyl/N-ethyl adjacent to an activating group) is 1. The molecule has 1 saturated heterocycles. The third-order valence-corrected chi connectivity index (χ3v) is 3.77. The molecule has 5 heteroatoms. The van der Waals surface area contributed by atoms with Crippen molar-refractivity contribution in [1.82, 2.24) is 9.80 Å². The molecule has 0 radical (unpaired) electrons. The average molecular weight is 276 g/mol. The monoisotopic (exact) mass is 276 g/mol. The summed E-state index contributed by atoms with van der Waals surface area (Å²) in [6.07, 6.45) is 0. The van der Waals surface area contributed by atoms with Gasteiger partial charge in [0.05, 0.1) is 0 Å². The molecule has 1 aromatic rings. The van der Waals surface area contributed by atoms with Crippen LogP contribution in [0.4, 0.5) is 16.2 Å². The van der Waals surface area contributed by atoms with Crippen molar-refractivity contribution < 1.29 is 4.79 Å². The highest BCUT2D eigenvalue weighted by atomic mass is 16.2. The molecule has 5 nitrogen and oxygen atoms in total. The van der Waals surface area contributed by atoms with Gasteiger partial charge in [0.15, 0.2) is 0 Å². The SMILES string of the molecule is CN1CCN(c2ccc(N(C)C(=O)N(C)C)cc2)CC1. The number of carbonyl (C=O) groups excluding carboxylic acids is 1. The van der Waals surface area contributed by atoms with E-state index in [0.717, 1.165) is 31.9 Å². The van der Waals surface area contributed by atoms with E-state index in [1.54, 1.807) is 30.9 Å². The Morgan fingerprint density at radius 3 is 2.05 bits per heavy atom. The minimum atomic E-state index is -0.0163. The molecule has 1 aromatic carbocycles. The lowest BCUT2D eigenvalue weighted by Crippen LogP contribution is -2.44. The Balaban J connectivity index is 2.04. The van der Waals surface area contributed by atoms with E-state index >= 15 is 0 Å². The van der Waals surface area contributed by atoms with Gasteiger partial charge in [0.1, 0.15) is 0 Å². The number of nitrogens with zero attached hydrogens (tertiary/aromatic N) is 4. The van der Waals surface area contributed by atoms with Crippen molar-refractivity contribution in [2.45, 2.75) is 0 Å². The fraction of sp³-hybridized carbons (Fsp3) is 0.533. The molecular weight excluding hydrogens is 252 g/mol. The first-order valence-corrected chi connectivity index (χ1v) is 6.97. The molecule has 0 aliphatic carbocycles. The molecule has 0 atom stereocenters. The lowest BCUT2D eigenvalue weighted by molar-refractivity contribution is 0.225. The second kappa shape index (κ2) is 6.13. The molecule has 0 aromatic heterocycles. The standard InChI is InChI=1S/C15H24N4O/c1-16(2)15(20)18(4)13-5-7-14(8-6-13)19-11-9-17(3)10-12-19/h5-8H,9-12H2,1-4H3. The van der Waals surface area contributed by atoms with Gasteiger partial charge in [-0.1, -0.05) is 0 Å². The van der Waals surface area contributed by atoms with E-state index in [4.69, 9.17) is 0 Å². The van der Waals surface area contributed by atoms with Gasteiger partial charge in [0.2, 0.25) is 0 Å². The Labute approximate surface area is 121 Å².